The zero-order chi connectivity index (χ0) is 19.9. The van der Waals surface area contributed by atoms with Crippen LogP contribution in [0.4, 0.5) is 5.69 Å². The first-order chi connectivity index (χ1) is 13.3. The van der Waals surface area contributed by atoms with Crippen molar-refractivity contribution in [2.24, 2.45) is 17.3 Å². The van der Waals surface area contributed by atoms with Crippen LogP contribution in [-0.4, -0.2) is 34.1 Å². The molecule has 1 aromatic rings. The maximum absolute atomic E-state index is 12.8. The molecule has 4 fully saturated rings. The molecule has 0 radical (unpaired) electrons. The molecule has 28 heavy (non-hydrogen) atoms. The maximum atomic E-state index is 12.8. The number of alkyl halides is 1. The molecule has 4 bridgehead atoms. The van der Waals surface area contributed by atoms with Crippen LogP contribution in [0.15, 0.2) is 24.3 Å². The van der Waals surface area contributed by atoms with Crippen molar-refractivity contribution < 1.29 is 9.59 Å². The molecule has 2 amide bonds. The molecule has 0 aromatic heterocycles. The lowest BCUT2D eigenvalue weighted by atomic mass is 9.48. The lowest BCUT2D eigenvalue weighted by Crippen LogP contribution is -2.53. The molecule has 152 valence electrons. The van der Waals surface area contributed by atoms with Gasteiger partial charge in [0.25, 0.3) is 5.91 Å². The molecule has 1 aromatic carbocycles. The van der Waals surface area contributed by atoms with Gasteiger partial charge in [0.15, 0.2) is 0 Å². The van der Waals surface area contributed by atoms with Crippen molar-refractivity contribution in [3.05, 3.63) is 29.8 Å². The van der Waals surface area contributed by atoms with Gasteiger partial charge >= 0.3 is 0 Å². The summed E-state index contributed by atoms with van der Waals surface area (Å²) in [5, 5.41) is 3.07. The van der Waals surface area contributed by atoms with E-state index in [9.17, 15) is 9.59 Å². The van der Waals surface area contributed by atoms with Gasteiger partial charge in [-0.25, -0.2) is 0 Å². The molecule has 2 atom stereocenters. The van der Waals surface area contributed by atoms with E-state index < -0.39 is 0 Å². The van der Waals surface area contributed by atoms with Crippen molar-refractivity contribution in [3.63, 3.8) is 0 Å². The van der Waals surface area contributed by atoms with E-state index in [0.717, 1.165) is 23.9 Å². The third kappa shape index (κ3) is 3.87. The summed E-state index contributed by atoms with van der Waals surface area (Å²) < 4.78 is 0.282. The molecule has 4 saturated carbocycles. The van der Waals surface area contributed by atoms with Gasteiger partial charge in [-0.2, -0.15) is 0 Å². The van der Waals surface area contributed by atoms with E-state index in [-0.39, 0.29) is 21.6 Å². The van der Waals surface area contributed by atoms with Crippen molar-refractivity contribution in [2.45, 2.75) is 63.1 Å². The lowest BCUT2D eigenvalue weighted by Gasteiger charge is -2.60. The highest BCUT2D eigenvalue weighted by Crippen LogP contribution is 2.65. The summed E-state index contributed by atoms with van der Waals surface area (Å²) in [5.41, 5.74) is 1.62. The first-order valence-electron chi connectivity index (χ1n) is 10.7. The number of amides is 2. The van der Waals surface area contributed by atoms with Crippen LogP contribution in [-0.2, 0) is 4.79 Å². The maximum Gasteiger partial charge on any atom is 0.253 e. The zero-order valence-electron chi connectivity index (χ0n) is 17.0. The Morgan fingerprint density at radius 2 is 1.68 bits per heavy atom. The molecule has 0 heterocycles. The minimum atomic E-state index is 0.0408. The fourth-order valence-electron chi connectivity index (χ4n) is 6.48. The number of benzene rings is 1. The van der Waals surface area contributed by atoms with Gasteiger partial charge in [0.05, 0.1) is 0 Å². The van der Waals surface area contributed by atoms with E-state index >= 15 is 0 Å². The van der Waals surface area contributed by atoms with Crippen molar-refractivity contribution in [1.82, 2.24) is 4.90 Å². The van der Waals surface area contributed by atoms with Crippen molar-refractivity contribution >= 4 is 33.4 Å². The van der Waals surface area contributed by atoms with Gasteiger partial charge in [-0.15, -0.1) is 0 Å². The van der Waals surface area contributed by atoms with Crippen LogP contribution in [0.2, 0.25) is 0 Å². The Kier molecular flexibility index (Phi) is 5.32. The number of carbonyl (C=O) groups is 2. The summed E-state index contributed by atoms with van der Waals surface area (Å²) in [6.07, 6.45) is 8.11. The molecule has 4 aliphatic rings. The molecule has 4 nitrogen and oxygen atoms in total. The standard InChI is InChI=1S/C23H31BrN2O2/c1-3-26(4-2)21(28)18-5-7-19(8-6-18)25-20(27)14-22-10-16-9-17(11-22)13-23(24,12-16)15-22/h5-8,16-17H,3-4,9-15H2,1-2H3,(H,25,27). The summed E-state index contributed by atoms with van der Waals surface area (Å²) in [4.78, 5) is 27.0. The Balaban J connectivity index is 1.39. The van der Waals surface area contributed by atoms with E-state index in [0.29, 0.717) is 25.1 Å². The molecule has 2 unspecified atom stereocenters. The highest BCUT2D eigenvalue weighted by molar-refractivity contribution is 9.10. The topological polar surface area (TPSA) is 49.4 Å². The Morgan fingerprint density at radius 3 is 2.21 bits per heavy atom. The molecule has 0 saturated heterocycles. The molecule has 0 spiro atoms. The average molecular weight is 447 g/mol. The Bertz CT molecular complexity index is 742. The quantitative estimate of drug-likeness (QED) is 0.607. The van der Waals surface area contributed by atoms with Gasteiger partial charge < -0.3 is 10.2 Å². The minimum absolute atomic E-state index is 0.0408. The largest absolute Gasteiger partial charge is 0.339 e. The first-order valence-corrected chi connectivity index (χ1v) is 11.5. The number of nitrogens with one attached hydrogen (secondary N) is 1. The Morgan fingerprint density at radius 1 is 1.07 bits per heavy atom. The summed E-state index contributed by atoms with van der Waals surface area (Å²) in [5.74, 6) is 1.73. The fraction of sp³-hybridized carbons (Fsp3) is 0.652. The summed E-state index contributed by atoms with van der Waals surface area (Å²) in [6.45, 7) is 5.37. The number of halogens is 1. The van der Waals surface area contributed by atoms with E-state index in [1.807, 2.05) is 38.1 Å². The highest BCUT2D eigenvalue weighted by atomic mass is 79.9. The van der Waals surface area contributed by atoms with Crippen molar-refractivity contribution in [2.75, 3.05) is 18.4 Å². The van der Waals surface area contributed by atoms with Crippen LogP contribution < -0.4 is 5.32 Å². The predicted molar refractivity (Wildman–Crippen MR) is 116 cm³/mol. The van der Waals surface area contributed by atoms with Crippen LogP contribution in [0.1, 0.15) is 69.2 Å². The Labute approximate surface area is 176 Å². The molecule has 5 rings (SSSR count). The number of carbonyl (C=O) groups excluding carboxylic acids is 2. The van der Waals surface area contributed by atoms with Crippen LogP contribution in [0.3, 0.4) is 0 Å². The second kappa shape index (κ2) is 7.47. The van der Waals surface area contributed by atoms with Crippen LogP contribution in [0.5, 0.6) is 0 Å². The normalized spacial score (nSPS) is 33.0. The number of anilines is 1. The first kappa shape index (κ1) is 19.9. The van der Waals surface area contributed by atoms with Gasteiger partial charge in [0, 0.05) is 35.1 Å². The number of hydrogen-bond acceptors (Lipinski definition) is 2. The smallest absolute Gasteiger partial charge is 0.253 e. The zero-order valence-corrected chi connectivity index (χ0v) is 18.6. The summed E-state index contributed by atoms with van der Waals surface area (Å²) >= 11 is 4.03. The molecular formula is C23H31BrN2O2. The van der Waals surface area contributed by atoms with Crippen LogP contribution in [0, 0.1) is 17.3 Å². The van der Waals surface area contributed by atoms with Gasteiger partial charge in [0.1, 0.15) is 0 Å². The monoisotopic (exact) mass is 446 g/mol. The van der Waals surface area contributed by atoms with E-state index in [1.165, 1.54) is 32.1 Å². The van der Waals surface area contributed by atoms with Crippen LogP contribution in [0.25, 0.3) is 0 Å². The Hall–Kier alpha value is -1.36. The van der Waals surface area contributed by atoms with Gasteiger partial charge in [-0.3, -0.25) is 9.59 Å². The summed E-state index contributed by atoms with van der Waals surface area (Å²) in [7, 11) is 0. The fourth-order valence-corrected chi connectivity index (χ4v) is 7.99. The third-order valence-electron chi connectivity index (χ3n) is 7.11. The molecule has 5 heteroatoms. The van der Waals surface area contributed by atoms with E-state index in [2.05, 4.69) is 21.2 Å². The van der Waals surface area contributed by atoms with Gasteiger partial charge in [0.2, 0.25) is 5.91 Å². The van der Waals surface area contributed by atoms with Crippen molar-refractivity contribution in [1.29, 1.82) is 0 Å². The second-order valence-corrected chi connectivity index (χ2v) is 11.1. The predicted octanol–water partition coefficient (Wildman–Crippen LogP) is 5.23. The van der Waals surface area contributed by atoms with E-state index in [4.69, 9.17) is 0 Å². The molecule has 0 aliphatic heterocycles. The number of nitrogens with zero attached hydrogens (tertiary/aromatic N) is 1. The number of rotatable bonds is 6. The third-order valence-corrected chi connectivity index (χ3v) is 8.04. The van der Waals surface area contributed by atoms with E-state index in [1.54, 1.807) is 4.90 Å². The van der Waals surface area contributed by atoms with Crippen molar-refractivity contribution in [3.8, 4) is 0 Å². The number of hydrogen-bond donors (Lipinski definition) is 1. The van der Waals surface area contributed by atoms with Crippen LogP contribution >= 0.6 is 15.9 Å². The molecule has 1 N–H and O–H groups in total. The van der Waals surface area contributed by atoms with Gasteiger partial charge in [-0.1, -0.05) is 15.9 Å². The molecular weight excluding hydrogens is 416 g/mol. The SMILES string of the molecule is CCN(CC)C(=O)c1ccc(NC(=O)CC23CC4CC(CC(Br)(C4)C2)C3)cc1. The molecule has 4 aliphatic carbocycles. The second-order valence-electron chi connectivity index (χ2n) is 9.39. The minimum Gasteiger partial charge on any atom is -0.339 e. The van der Waals surface area contributed by atoms with Gasteiger partial charge in [-0.05, 0) is 93.9 Å². The lowest BCUT2D eigenvalue weighted by molar-refractivity contribution is -0.123. The summed E-state index contributed by atoms with van der Waals surface area (Å²) in [6, 6.07) is 7.32. The average Bonchev–Trinajstić information content (AvgIpc) is 2.60. The highest BCUT2D eigenvalue weighted by Gasteiger charge is 2.57.